The Bertz CT molecular complexity index is 1200. The number of amides is 1. The van der Waals surface area contributed by atoms with E-state index in [4.69, 9.17) is 0 Å². The molecular formula is C34H48FN3O3. The van der Waals surface area contributed by atoms with Crippen LogP contribution < -0.4 is 0 Å². The second kappa shape index (κ2) is 13.9. The molecule has 1 amide bonds. The number of piperidine rings is 1. The monoisotopic (exact) mass is 565 g/mol. The van der Waals surface area contributed by atoms with Gasteiger partial charge in [0.15, 0.2) is 5.78 Å². The molecule has 2 aromatic carbocycles. The average molecular weight is 566 g/mol. The summed E-state index contributed by atoms with van der Waals surface area (Å²) in [4.78, 5) is 35.3. The second-order valence-corrected chi connectivity index (χ2v) is 12.8. The summed E-state index contributed by atoms with van der Waals surface area (Å²) in [6.07, 6.45) is 4.94. The normalized spacial score (nSPS) is 23.5. The average Bonchev–Trinajstić information content (AvgIpc) is 3.38. The highest BCUT2D eigenvalue weighted by Crippen LogP contribution is 2.43. The van der Waals surface area contributed by atoms with Crippen molar-refractivity contribution in [2.45, 2.75) is 64.8 Å². The van der Waals surface area contributed by atoms with Crippen molar-refractivity contribution in [3.63, 3.8) is 0 Å². The lowest BCUT2D eigenvalue weighted by Gasteiger charge is -2.45. The molecule has 41 heavy (non-hydrogen) atoms. The van der Waals surface area contributed by atoms with Crippen molar-refractivity contribution < 1.29 is 19.1 Å². The van der Waals surface area contributed by atoms with Gasteiger partial charge in [-0.25, -0.2) is 4.39 Å². The second-order valence-electron chi connectivity index (χ2n) is 12.8. The van der Waals surface area contributed by atoms with Crippen LogP contribution in [0.2, 0.25) is 0 Å². The third kappa shape index (κ3) is 7.55. The Morgan fingerprint density at radius 3 is 2.51 bits per heavy atom. The van der Waals surface area contributed by atoms with E-state index in [1.165, 1.54) is 12.1 Å². The highest BCUT2D eigenvalue weighted by Gasteiger charge is 2.47. The number of phenols is 1. The van der Waals surface area contributed by atoms with Gasteiger partial charge < -0.3 is 19.8 Å². The van der Waals surface area contributed by atoms with Crippen LogP contribution in [0.1, 0.15) is 73.4 Å². The maximum absolute atomic E-state index is 15.0. The molecule has 0 bridgehead atoms. The summed E-state index contributed by atoms with van der Waals surface area (Å²) < 4.78 is 15.0. The zero-order valence-electron chi connectivity index (χ0n) is 25.5. The molecule has 1 N–H and O–H groups in total. The zero-order chi connectivity index (χ0) is 29.7. The molecule has 0 spiro atoms. The third-order valence-electron chi connectivity index (χ3n) is 8.96. The number of carbonyl (C=O) groups excluding carboxylic acids is 2. The largest absolute Gasteiger partial charge is 0.508 e. The highest BCUT2D eigenvalue weighted by molar-refractivity contribution is 5.99. The van der Waals surface area contributed by atoms with Gasteiger partial charge in [-0.2, -0.15) is 0 Å². The Labute approximate surface area is 245 Å². The number of aromatic hydroxyl groups is 1. The zero-order valence-corrected chi connectivity index (χ0v) is 25.5. The Kier molecular flexibility index (Phi) is 10.6. The van der Waals surface area contributed by atoms with Gasteiger partial charge in [-0.1, -0.05) is 38.1 Å². The first kappa shape index (κ1) is 31.2. The van der Waals surface area contributed by atoms with Crippen molar-refractivity contribution in [1.82, 2.24) is 14.7 Å². The lowest BCUT2D eigenvalue weighted by molar-refractivity contribution is -0.140. The molecule has 2 heterocycles. The molecule has 4 atom stereocenters. The molecule has 2 aliphatic rings. The van der Waals surface area contributed by atoms with Gasteiger partial charge in [-0.3, -0.25) is 9.59 Å². The Hall–Kier alpha value is -2.77. The standard InChI is InChI=1S/C34H48FN3O3/c1-23(2)19-26-12-10-18-38(26)34(41)30-22-37(17-7-6-16-36(4)5)21-29(33(40)25-11-8-13-27(39)20-25)32(30)28-14-9-15-31(35)24(28)3/h8-9,11,13-15,20,23,26,29-30,32,39H,6-7,10,12,16-19,21-22H2,1-5H3/t26-,29+,30-,32-/m1/s1. The molecule has 0 saturated carbocycles. The minimum Gasteiger partial charge on any atom is -0.508 e. The predicted molar refractivity (Wildman–Crippen MR) is 162 cm³/mol. The Morgan fingerprint density at radius 2 is 1.80 bits per heavy atom. The van der Waals surface area contributed by atoms with Crippen molar-refractivity contribution >= 4 is 11.7 Å². The topological polar surface area (TPSA) is 64.1 Å². The van der Waals surface area contributed by atoms with Crippen LogP contribution in [0.4, 0.5) is 4.39 Å². The first-order valence-electron chi connectivity index (χ1n) is 15.3. The number of rotatable bonds is 11. The van der Waals surface area contributed by atoms with Gasteiger partial charge in [0.25, 0.3) is 0 Å². The summed E-state index contributed by atoms with van der Waals surface area (Å²) in [6.45, 7) is 9.71. The fourth-order valence-electron chi connectivity index (χ4n) is 6.98. The predicted octanol–water partition coefficient (Wildman–Crippen LogP) is 5.73. The SMILES string of the molecule is Cc1c(F)cccc1[C@@H]1[C@@H](C(=O)c2cccc(O)c2)CN(CCCCN(C)C)C[C@H]1C(=O)N1CCC[C@@H]1CC(C)C. The number of hydrogen-bond acceptors (Lipinski definition) is 5. The van der Waals surface area contributed by atoms with Crippen molar-refractivity contribution in [2.75, 3.05) is 46.8 Å². The van der Waals surface area contributed by atoms with Gasteiger partial charge in [-0.15, -0.1) is 0 Å². The number of hydrogen-bond donors (Lipinski definition) is 1. The van der Waals surface area contributed by atoms with Gasteiger partial charge in [-0.05, 0) is 101 Å². The van der Waals surface area contributed by atoms with Gasteiger partial charge in [0.1, 0.15) is 11.6 Å². The van der Waals surface area contributed by atoms with E-state index < -0.39 is 17.8 Å². The molecule has 2 fully saturated rings. The maximum atomic E-state index is 15.0. The summed E-state index contributed by atoms with van der Waals surface area (Å²) in [5, 5.41) is 10.2. The molecule has 2 aromatic rings. The van der Waals surface area contributed by atoms with E-state index in [0.717, 1.165) is 57.3 Å². The summed E-state index contributed by atoms with van der Waals surface area (Å²) in [5.74, 6) is -1.27. The summed E-state index contributed by atoms with van der Waals surface area (Å²) in [5.41, 5.74) is 1.67. The van der Waals surface area contributed by atoms with E-state index >= 15 is 0 Å². The van der Waals surface area contributed by atoms with Gasteiger partial charge in [0.05, 0.1) is 5.92 Å². The molecule has 2 saturated heterocycles. The van der Waals surface area contributed by atoms with Crippen LogP contribution in [0.25, 0.3) is 0 Å². The van der Waals surface area contributed by atoms with E-state index in [2.05, 4.69) is 42.6 Å². The van der Waals surface area contributed by atoms with E-state index in [1.807, 2.05) is 6.07 Å². The van der Waals surface area contributed by atoms with Crippen LogP contribution in [0.3, 0.4) is 0 Å². The van der Waals surface area contributed by atoms with Crippen LogP contribution in [0.5, 0.6) is 5.75 Å². The van der Waals surface area contributed by atoms with Crippen molar-refractivity contribution in [3.05, 3.63) is 65.0 Å². The van der Waals surface area contributed by atoms with Crippen LogP contribution in [0, 0.1) is 30.5 Å². The molecule has 0 aromatic heterocycles. The van der Waals surface area contributed by atoms with E-state index in [-0.39, 0.29) is 29.3 Å². The highest BCUT2D eigenvalue weighted by atomic mass is 19.1. The fourth-order valence-corrected chi connectivity index (χ4v) is 6.98. The Balaban J connectivity index is 1.75. The molecule has 6 nitrogen and oxygen atoms in total. The van der Waals surface area contributed by atoms with Gasteiger partial charge >= 0.3 is 0 Å². The van der Waals surface area contributed by atoms with Crippen molar-refractivity contribution in [1.29, 1.82) is 0 Å². The van der Waals surface area contributed by atoms with Crippen LogP contribution in [-0.4, -0.2) is 84.4 Å². The number of Topliss-reactive ketones (excluding diaryl/α,β-unsaturated/α-hetero) is 1. The minimum atomic E-state index is -0.542. The van der Waals surface area contributed by atoms with E-state index in [9.17, 15) is 19.1 Å². The van der Waals surface area contributed by atoms with E-state index in [0.29, 0.717) is 30.1 Å². The van der Waals surface area contributed by atoms with E-state index in [1.54, 1.807) is 31.2 Å². The van der Waals surface area contributed by atoms with Crippen molar-refractivity contribution in [2.24, 2.45) is 17.8 Å². The molecule has 4 rings (SSSR count). The Morgan fingerprint density at radius 1 is 1.07 bits per heavy atom. The molecule has 2 aliphatic heterocycles. The quantitative estimate of drug-likeness (QED) is 0.278. The van der Waals surface area contributed by atoms with Crippen LogP contribution >= 0.6 is 0 Å². The van der Waals surface area contributed by atoms with Crippen molar-refractivity contribution in [3.8, 4) is 5.75 Å². The first-order chi connectivity index (χ1) is 19.6. The molecule has 0 unspecified atom stereocenters. The fraction of sp³-hybridized carbons (Fsp3) is 0.588. The maximum Gasteiger partial charge on any atom is 0.227 e. The number of nitrogens with zero attached hydrogens (tertiary/aromatic N) is 3. The summed E-state index contributed by atoms with van der Waals surface area (Å²) >= 11 is 0. The van der Waals surface area contributed by atoms with Gasteiger partial charge in [0, 0.05) is 43.1 Å². The number of carbonyl (C=O) groups is 2. The smallest absolute Gasteiger partial charge is 0.227 e. The number of halogens is 1. The number of phenolic OH excluding ortho intramolecular Hbond substituents is 1. The summed E-state index contributed by atoms with van der Waals surface area (Å²) in [6, 6.07) is 11.7. The lowest BCUT2D eigenvalue weighted by Crippen LogP contribution is -2.54. The number of benzene rings is 2. The van der Waals surface area contributed by atoms with Crippen LogP contribution in [-0.2, 0) is 4.79 Å². The number of likely N-dealkylation sites (tertiary alicyclic amines) is 2. The molecular weight excluding hydrogens is 517 g/mol. The number of unbranched alkanes of at least 4 members (excludes halogenated alkanes) is 1. The van der Waals surface area contributed by atoms with Gasteiger partial charge in [0.2, 0.25) is 5.91 Å². The number of ketones is 1. The molecule has 224 valence electrons. The molecule has 7 heteroatoms. The summed E-state index contributed by atoms with van der Waals surface area (Å²) in [7, 11) is 4.13. The third-order valence-corrected chi connectivity index (χ3v) is 8.96. The lowest BCUT2D eigenvalue weighted by atomic mass is 9.69. The van der Waals surface area contributed by atoms with Crippen LogP contribution in [0.15, 0.2) is 42.5 Å². The minimum absolute atomic E-state index is 0.0342. The first-order valence-corrected chi connectivity index (χ1v) is 15.3. The molecule has 0 radical (unpaired) electrons. The molecule has 0 aliphatic carbocycles.